The van der Waals surface area contributed by atoms with Crippen molar-refractivity contribution in [3.63, 3.8) is 0 Å². The van der Waals surface area contributed by atoms with Gasteiger partial charge in [0.1, 0.15) is 12.4 Å². The molecule has 3 heteroatoms. The molecule has 0 aromatic heterocycles. The molecular formula is C21H32O3. The summed E-state index contributed by atoms with van der Waals surface area (Å²) in [5, 5.41) is 0. The number of unbranched alkanes of at least 4 members (excludes halogenated alkanes) is 4. The molecule has 1 aliphatic rings. The number of Topliss-reactive ketones (excluding diaryl/α,β-unsaturated/α-hetero) is 1. The van der Waals surface area contributed by atoms with Crippen molar-refractivity contribution in [2.75, 3.05) is 0 Å². The second kappa shape index (κ2) is 12.7. The Balaban J connectivity index is 0.000000243. The van der Waals surface area contributed by atoms with Crippen LogP contribution in [-0.2, 0) is 20.9 Å². The summed E-state index contributed by atoms with van der Waals surface area (Å²) in [5.74, 6) is 0.742. The first-order chi connectivity index (χ1) is 11.6. The molecule has 1 aromatic carbocycles. The van der Waals surface area contributed by atoms with Crippen molar-refractivity contribution in [1.82, 2.24) is 0 Å². The number of carbonyl (C=O) groups is 2. The zero-order valence-corrected chi connectivity index (χ0v) is 15.3. The Morgan fingerprint density at radius 2 is 1.83 bits per heavy atom. The van der Waals surface area contributed by atoms with Gasteiger partial charge in [-0.1, -0.05) is 69.4 Å². The molecule has 0 heterocycles. The third kappa shape index (κ3) is 9.49. The molecule has 1 unspecified atom stereocenters. The maximum atomic E-state index is 11.3. The van der Waals surface area contributed by atoms with Gasteiger partial charge in [0.05, 0.1) is 0 Å². The van der Waals surface area contributed by atoms with Crippen molar-refractivity contribution < 1.29 is 14.3 Å². The molecule has 1 aromatic rings. The summed E-state index contributed by atoms with van der Waals surface area (Å²) in [4.78, 5) is 21.7. The predicted molar refractivity (Wildman–Crippen MR) is 97.6 cm³/mol. The first-order valence-corrected chi connectivity index (χ1v) is 9.33. The third-order valence-corrected chi connectivity index (χ3v) is 4.37. The Morgan fingerprint density at radius 1 is 1.12 bits per heavy atom. The Kier molecular flexibility index (Phi) is 10.8. The van der Waals surface area contributed by atoms with Crippen molar-refractivity contribution in [2.24, 2.45) is 5.92 Å². The van der Waals surface area contributed by atoms with Crippen LogP contribution in [-0.4, -0.2) is 11.8 Å². The maximum Gasteiger partial charge on any atom is 0.302 e. The van der Waals surface area contributed by atoms with Crippen LogP contribution in [0.3, 0.4) is 0 Å². The summed E-state index contributed by atoms with van der Waals surface area (Å²) in [6, 6.07) is 9.60. The second-order valence-electron chi connectivity index (χ2n) is 6.52. The molecule has 134 valence electrons. The van der Waals surface area contributed by atoms with Gasteiger partial charge in [0.25, 0.3) is 0 Å². The van der Waals surface area contributed by atoms with Crippen LogP contribution < -0.4 is 0 Å². The smallest absolute Gasteiger partial charge is 0.302 e. The molecule has 3 nitrogen and oxygen atoms in total. The van der Waals surface area contributed by atoms with E-state index in [4.69, 9.17) is 4.74 Å². The number of hydrogen-bond acceptors (Lipinski definition) is 3. The van der Waals surface area contributed by atoms with Crippen molar-refractivity contribution in [1.29, 1.82) is 0 Å². The van der Waals surface area contributed by atoms with E-state index in [9.17, 15) is 9.59 Å². The minimum absolute atomic E-state index is 0.242. The fourth-order valence-corrected chi connectivity index (χ4v) is 2.95. The Hall–Kier alpha value is -1.64. The van der Waals surface area contributed by atoms with Crippen molar-refractivity contribution in [3.8, 4) is 0 Å². The first kappa shape index (κ1) is 20.4. The zero-order valence-electron chi connectivity index (χ0n) is 15.3. The third-order valence-electron chi connectivity index (χ3n) is 4.37. The van der Waals surface area contributed by atoms with Crippen LogP contribution in [0.1, 0.15) is 77.2 Å². The first-order valence-electron chi connectivity index (χ1n) is 9.33. The summed E-state index contributed by atoms with van der Waals surface area (Å²) in [7, 11) is 0. The highest BCUT2D eigenvalue weighted by Crippen LogP contribution is 2.26. The average Bonchev–Trinajstić information content (AvgIpc) is 2.99. The molecule has 2 rings (SSSR count). The molecule has 24 heavy (non-hydrogen) atoms. The van der Waals surface area contributed by atoms with Gasteiger partial charge in [-0.15, -0.1) is 0 Å². The lowest BCUT2D eigenvalue weighted by atomic mass is 9.98. The summed E-state index contributed by atoms with van der Waals surface area (Å²) in [6.45, 7) is 4.01. The SMILES string of the molecule is CC(=O)OCc1ccccc1.CCCCCCCC1CCCC1=O. The largest absolute Gasteiger partial charge is 0.461 e. The number of esters is 1. The summed E-state index contributed by atoms with van der Waals surface area (Å²) in [5.41, 5.74) is 1.02. The van der Waals surface area contributed by atoms with Crippen molar-refractivity contribution in [3.05, 3.63) is 35.9 Å². The second-order valence-corrected chi connectivity index (χ2v) is 6.52. The number of benzene rings is 1. The van der Waals surface area contributed by atoms with E-state index in [1.807, 2.05) is 30.3 Å². The van der Waals surface area contributed by atoms with Crippen LogP contribution in [0, 0.1) is 5.92 Å². The number of ether oxygens (including phenoxy) is 1. The topological polar surface area (TPSA) is 43.4 Å². The lowest BCUT2D eigenvalue weighted by molar-refractivity contribution is -0.142. The quantitative estimate of drug-likeness (QED) is 0.468. The summed E-state index contributed by atoms with van der Waals surface area (Å²) < 4.78 is 4.79. The summed E-state index contributed by atoms with van der Waals surface area (Å²) >= 11 is 0. The molecule has 1 saturated carbocycles. The van der Waals surface area contributed by atoms with Gasteiger partial charge in [-0.05, 0) is 24.8 Å². The van der Waals surface area contributed by atoms with E-state index in [-0.39, 0.29) is 5.97 Å². The van der Waals surface area contributed by atoms with Gasteiger partial charge in [0, 0.05) is 19.3 Å². The van der Waals surface area contributed by atoms with Crippen LogP contribution in [0.5, 0.6) is 0 Å². The minimum atomic E-state index is -0.242. The van der Waals surface area contributed by atoms with Gasteiger partial charge >= 0.3 is 5.97 Å². The van der Waals surface area contributed by atoms with Gasteiger partial charge < -0.3 is 4.74 Å². The highest BCUT2D eigenvalue weighted by atomic mass is 16.5. The van der Waals surface area contributed by atoms with E-state index in [1.54, 1.807) is 0 Å². The number of rotatable bonds is 8. The number of hydrogen-bond donors (Lipinski definition) is 0. The molecular weight excluding hydrogens is 300 g/mol. The van der Waals surface area contributed by atoms with Crippen LogP contribution >= 0.6 is 0 Å². The molecule has 0 amide bonds. The van der Waals surface area contributed by atoms with E-state index in [2.05, 4.69) is 6.92 Å². The lowest BCUT2D eigenvalue weighted by Gasteiger charge is -2.06. The molecule has 0 saturated heterocycles. The van der Waals surface area contributed by atoms with Crippen molar-refractivity contribution in [2.45, 2.75) is 78.2 Å². The van der Waals surface area contributed by atoms with Crippen LogP contribution in [0.4, 0.5) is 0 Å². The monoisotopic (exact) mass is 332 g/mol. The Labute approximate surface area is 146 Å². The molecule has 0 bridgehead atoms. The lowest BCUT2D eigenvalue weighted by Crippen LogP contribution is -2.05. The van der Waals surface area contributed by atoms with Crippen LogP contribution in [0.2, 0.25) is 0 Å². The van der Waals surface area contributed by atoms with Gasteiger partial charge in [-0.25, -0.2) is 0 Å². The van der Waals surface area contributed by atoms with Crippen LogP contribution in [0.15, 0.2) is 30.3 Å². The van der Waals surface area contributed by atoms with Gasteiger partial charge in [0.2, 0.25) is 0 Å². The van der Waals surface area contributed by atoms with E-state index < -0.39 is 0 Å². The number of carbonyl (C=O) groups excluding carboxylic acids is 2. The van der Waals surface area contributed by atoms with Crippen LogP contribution in [0.25, 0.3) is 0 Å². The molecule has 0 aliphatic heterocycles. The fraction of sp³-hybridized carbons (Fsp3) is 0.619. The summed E-state index contributed by atoms with van der Waals surface area (Å²) in [6.07, 6.45) is 11.0. The molecule has 0 N–H and O–H groups in total. The highest BCUT2D eigenvalue weighted by molar-refractivity contribution is 5.82. The Bertz CT molecular complexity index is 467. The van der Waals surface area contributed by atoms with E-state index >= 15 is 0 Å². The van der Waals surface area contributed by atoms with E-state index in [0.29, 0.717) is 18.3 Å². The van der Waals surface area contributed by atoms with Crippen molar-refractivity contribution >= 4 is 11.8 Å². The maximum absolute atomic E-state index is 11.3. The molecule has 1 atom stereocenters. The average molecular weight is 332 g/mol. The fourth-order valence-electron chi connectivity index (χ4n) is 2.95. The predicted octanol–water partition coefficient (Wildman–Crippen LogP) is 5.47. The van der Waals surface area contributed by atoms with E-state index in [0.717, 1.165) is 18.4 Å². The number of ketones is 1. The molecule has 0 radical (unpaired) electrons. The molecule has 1 fully saturated rings. The highest BCUT2D eigenvalue weighted by Gasteiger charge is 2.23. The minimum Gasteiger partial charge on any atom is -0.461 e. The molecule has 1 aliphatic carbocycles. The Morgan fingerprint density at radius 3 is 2.42 bits per heavy atom. The van der Waals surface area contributed by atoms with Gasteiger partial charge in [-0.3, -0.25) is 9.59 Å². The van der Waals surface area contributed by atoms with E-state index in [1.165, 1.54) is 51.9 Å². The van der Waals surface area contributed by atoms with Gasteiger partial charge in [-0.2, -0.15) is 0 Å². The molecule has 0 spiro atoms. The normalized spacial score (nSPS) is 16.4. The van der Waals surface area contributed by atoms with Gasteiger partial charge in [0.15, 0.2) is 0 Å². The standard InChI is InChI=1S/C12H22O.C9H10O2/c1-2-3-4-5-6-8-11-9-7-10-12(11)13;1-8(10)11-7-9-5-3-2-4-6-9/h11H,2-10H2,1H3;2-6H,7H2,1H3. The zero-order chi connectivity index (χ0) is 17.6.